The lowest BCUT2D eigenvalue weighted by atomic mass is 10.2. The Labute approximate surface area is 124 Å². The Morgan fingerprint density at radius 3 is 2.74 bits per heavy atom. The molecule has 0 amide bonds. The molecule has 0 saturated carbocycles. The van der Waals surface area contributed by atoms with Crippen LogP contribution in [0.2, 0.25) is 0 Å². The molecule has 0 N–H and O–H groups in total. The summed E-state index contributed by atoms with van der Waals surface area (Å²) in [5.74, 6) is 0.939. The first-order valence-corrected chi connectivity index (χ1v) is 7.71. The Hall–Kier alpha value is -0.580. The summed E-state index contributed by atoms with van der Waals surface area (Å²) in [6.07, 6.45) is 2.67. The SMILES string of the molecule is CN(CCOc1ccc(Br)cc1)CC1CCCN1C. The molecule has 4 heteroatoms. The summed E-state index contributed by atoms with van der Waals surface area (Å²) in [6.45, 7) is 4.10. The zero-order valence-electron chi connectivity index (χ0n) is 11.8. The van der Waals surface area contributed by atoms with Crippen molar-refractivity contribution >= 4 is 15.9 Å². The van der Waals surface area contributed by atoms with Gasteiger partial charge in [-0.2, -0.15) is 0 Å². The van der Waals surface area contributed by atoms with Crippen molar-refractivity contribution in [2.75, 3.05) is 40.3 Å². The standard InChI is InChI=1S/C15H23BrN2O/c1-17(12-14-4-3-9-18(14)2)10-11-19-15-7-5-13(16)6-8-15/h5-8,14H,3-4,9-12H2,1-2H3. The summed E-state index contributed by atoms with van der Waals surface area (Å²) in [5.41, 5.74) is 0. The predicted molar refractivity (Wildman–Crippen MR) is 82.8 cm³/mol. The first-order chi connectivity index (χ1) is 9.15. The molecule has 1 aromatic rings. The zero-order valence-corrected chi connectivity index (χ0v) is 13.4. The lowest BCUT2D eigenvalue weighted by Crippen LogP contribution is -2.38. The summed E-state index contributed by atoms with van der Waals surface area (Å²) in [4.78, 5) is 4.83. The van der Waals surface area contributed by atoms with Crippen LogP contribution in [0.4, 0.5) is 0 Å². The van der Waals surface area contributed by atoms with Crippen molar-refractivity contribution in [1.82, 2.24) is 9.80 Å². The molecule has 0 radical (unpaired) electrons. The molecule has 1 saturated heterocycles. The minimum atomic E-state index is 0.720. The normalized spacial score (nSPS) is 20.1. The molecule has 19 heavy (non-hydrogen) atoms. The van der Waals surface area contributed by atoms with Gasteiger partial charge in [-0.05, 0) is 57.7 Å². The van der Waals surface area contributed by atoms with Crippen LogP contribution in [0.25, 0.3) is 0 Å². The number of likely N-dealkylation sites (tertiary alicyclic amines) is 1. The molecule has 1 aromatic carbocycles. The Bertz CT molecular complexity index is 382. The summed E-state index contributed by atoms with van der Waals surface area (Å²) < 4.78 is 6.83. The van der Waals surface area contributed by atoms with Gasteiger partial charge >= 0.3 is 0 Å². The first-order valence-electron chi connectivity index (χ1n) is 6.92. The van der Waals surface area contributed by atoms with Gasteiger partial charge in [0.15, 0.2) is 0 Å². The Balaban J connectivity index is 1.66. The van der Waals surface area contributed by atoms with Gasteiger partial charge in [0.25, 0.3) is 0 Å². The quantitative estimate of drug-likeness (QED) is 0.799. The van der Waals surface area contributed by atoms with Gasteiger partial charge in [0, 0.05) is 23.6 Å². The zero-order chi connectivity index (χ0) is 13.7. The fraction of sp³-hybridized carbons (Fsp3) is 0.600. The van der Waals surface area contributed by atoms with Crippen LogP contribution in [0.15, 0.2) is 28.7 Å². The van der Waals surface area contributed by atoms with Crippen molar-refractivity contribution in [3.05, 3.63) is 28.7 Å². The molecule has 1 atom stereocenters. The highest BCUT2D eigenvalue weighted by Crippen LogP contribution is 2.17. The third-order valence-electron chi connectivity index (χ3n) is 3.75. The monoisotopic (exact) mass is 326 g/mol. The highest BCUT2D eigenvalue weighted by molar-refractivity contribution is 9.10. The maximum atomic E-state index is 5.75. The van der Waals surface area contributed by atoms with Crippen molar-refractivity contribution in [3.8, 4) is 5.75 Å². The first kappa shape index (κ1) is 14.8. The topological polar surface area (TPSA) is 15.7 Å². The number of benzene rings is 1. The molecule has 106 valence electrons. The van der Waals surface area contributed by atoms with Gasteiger partial charge in [-0.1, -0.05) is 15.9 Å². The number of halogens is 1. The fourth-order valence-electron chi connectivity index (χ4n) is 2.51. The highest BCUT2D eigenvalue weighted by Gasteiger charge is 2.21. The molecule has 1 heterocycles. The average molecular weight is 327 g/mol. The Morgan fingerprint density at radius 1 is 1.37 bits per heavy atom. The van der Waals surface area contributed by atoms with Crippen LogP contribution in [0, 0.1) is 0 Å². The van der Waals surface area contributed by atoms with Crippen LogP contribution in [-0.4, -0.2) is 56.2 Å². The molecular formula is C15H23BrN2O. The van der Waals surface area contributed by atoms with Gasteiger partial charge < -0.3 is 14.5 Å². The minimum absolute atomic E-state index is 0.720. The number of likely N-dealkylation sites (N-methyl/N-ethyl adjacent to an activating group) is 2. The summed E-state index contributed by atoms with van der Waals surface area (Å²) in [6, 6.07) is 8.72. The smallest absolute Gasteiger partial charge is 0.119 e. The van der Waals surface area contributed by atoms with Crippen LogP contribution in [0.3, 0.4) is 0 Å². The molecule has 0 aliphatic carbocycles. The van der Waals surface area contributed by atoms with E-state index in [-0.39, 0.29) is 0 Å². The Morgan fingerprint density at radius 2 is 2.11 bits per heavy atom. The van der Waals surface area contributed by atoms with Crippen LogP contribution in [0.1, 0.15) is 12.8 Å². The maximum absolute atomic E-state index is 5.75. The van der Waals surface area contributed by atoms with E-state index < -0.39 is 0 Å². The second-order valence-corrected chi connectivity index (χ2v) is 6.26. The summed E-state index contributed by atoms with van der Waals surface area (Å²) in [5, 5.41) is 0. The molecule has 1 aliphatic rings. The second-order valence-electron chi connectivity index (χ2n) is 5.34. The van der Waals surface area contributed by atoms with Crippen molar-refractivity contribution in [2.24, 2.45) is 0 Å². The summed E-state index contributed by atoms with van der Waals surface area (Å²) >= 11 is 3.42. The minimum Gasteiger partial charge on any atom is -0.492 e. The molecule has 1 unspecified atom stereocenters. The number of hydrogen-bond donors (Lipinski definition) is 0. The van der Waals surface area contributed by atoms with Gasteiger partial charge in [-0.3, -0.25) is 0 Å². The highest BCUT2D eigenvalue weighted by atomic mass is 79.9. The molecular weight excluding hydrogens is 304 g/mol. The molecule has 0 aromatic heterocycles. The van der Waals surface area contributed by atoms with Gasteiger partial charge in [0.05, 0.1) is 0 Å². The molecule has 1 fully saturated rings. The van der Waals surface area contributed by atoms with Gasteiger partial charge in [0.1, 0.15) is 12.4 Å². The van der Waals surface area contributed by atoms with E-state index in [2.05, 4.69) is 39.8 Å². The van der Waals surface area contributed by atoms with Crippen molar-refractivity contribution in [3.63, 3.8) is 0 Å². The fourth-order valence-corrected chi connectivity index (χ4v) is 2.78. The van der Waals surface area contributed by atoms with Crippen molar-refractivity contribution in [2.45, 2.75) is 18.9 Å². The van der Waals surface area contributed by atoms with E-state index in [1.165, 1.54) is 19.4 Å². The molecule has 0 spiro atoms. The van der Waals surface area contributed by atoms with Crippen LogP contribution < -0.4 is 4.74 Å². The van der Waals surface area contributed by atoms with Crippen LogP contribution in [-0.2, 0) is 0 Å². The van der Waals surface area contributed by atoms with Crippen LogP contribution >= 0.6 is 15.9 Å². The molecule has 3 nitrogen and oxygen atoms in total. The lowest BCUT2D eigenvalue weighted by Gasteiger charge is -2.25. The largest absolute Gasteiger partial charge is 0.492 e. The molecule has 2 rings (SSSR count). The summed E-state index contributed by atoms with van der Waals surface area (Å²) in [7, 11) is 4.40. The third-order valence-corrected chi connectivity index (χ3v) is 4.28. The number of ether oxygens (including phenoxy) is 1. The predicted octanol–water partition coefficient (Wildman–Crippen LogP) is 2.85. The Kier molecular flexibility index (Phi) is 5.67. The van der Waals surface area contributed by atoms with Gasteiger partial charge in [-0.15, -0.1) is 0 Å². The van der Waals surface area contributed by atoms with E-state index in [0.717, 1.165) is 36.0 Å². The number of nitrogens with zero attached hydrogens (tertiary/aromatic N) is 2. The molecule has 0 bridgehead atoms. The maximum Gasteiger partial charge on any atom is 0.119 e. The lowest BCUT2D eigenvalue weighted by molar-refractivity contribution is 0.190. The molecule has 1 aliphatic heterocycles. The van der Waals surface area contributed by atoms with E-state index in [9.17, 15) is 0 Å². The second kappa shape index (κ2) is 7.27. The van der Waals surface area contributed by atoms with Crippen LogP contribution in [0.5, 0.6) is 5.75 Å². The number of rotatable bonds is 6. The van der Waals surface area contributed by atoms with E-state index in [4.69, 9.17) is 4.74 Å². The van der Waals surface area contributed by atoms with E-state index in [1.54, 1.807) is 0 Å². The van der Waals surface area contributed by atoms with Crippen molar-refractivity contribution < 1.29 is 4.74 Å². The average Bonchev–Trinajstić information content (AvgIpc) is 2.78. The van der Waals surface area contributed by atoms with Gasteiger partial charge in [-0.25, -0.2) is 0 Å². The van der Waals surface area contributed by atoms with Gasteiger partial charge in [0.2, 0.25) is 0 Å². The number of hydrogen-bond acceptors (Lipinski definition) is 3. The third kappa shape index (κ3) is 4.79. The van der Waals surface area contributed by atoms with E-state index in [1.807, 2.05) is 24.3 Å². The van der Waals surface area contributed by atoms with E-state index >= 15 is 0 Å². The van der Waals surface area contributed by atoms with E-state index in [0.29, 0.717) is 0 Å². The van der Waals surface area contributed by atoms with Crippen molar-refractivity contribution in [1.29, 1.82) is 0 Å².